The van der Waals surface area contributed by atoms with Gasteiger partial charge in [-0.05, 0) is 37.1 Å². The molecule has 3 aromatic heterocycles. The first-order valence-electron chi connectivity index (χ1n) is 10.4. The molecule has 8 nitrogen and oxygen atoms in total. The van der Waals surface area contributed by atoms with Gasteiger partial charge in [-0.1, -0.05) is 30.3 Å². The summed E-state index contributed by atoms with van der Waals surface area (Å²) in [5, 5.41) is 4.31. The van der Waals surface area contributed by atoms with E-state index in [0.717, 1.165) is 16.8 Å². The monoisotopic (exact) mass is 416 g/mol. The van der Waals surface area contributed by atoms with Crippen molar-refractivity contribution < 1.29 is 4.79 Å². The van der Waals surface area contributed by atoms with Crippen LogP contribution in [0.2, 0.25) is 0 Å². The zero-order chi connectivity index (χ0) is 21.5. The molecule has 1 saturated heterocycles. The van der Waals surface area contributed by atoms with E-state index in [-0.39, 0.29) is 17.6 Å². The number of benzene rings is 1. The third-order valence-electron chi connectivity index (χ3n) is 6.05. The maximum atomic E-state index is 13.4. The van der Waals surface area contributed by atoms with Crippen molar-refractivity contribution in [2.24, 2.45) is 7.05 Å². The summed E-state index contributed by atoms with van der Waals surface area (Å²) in [7, 11) is 1.83. The first kappa shape index (κ1) is 19.3. The van der Waals surface area contributed by atoms with Gasteiger partial charge in [0.1, 0.15) is 0 Å². The maximum absolute atomic E-state index is 13.4. The standard InChI is InChI=1S/C23H24N6O2/c1-16-13-19(25-26(16)2)22(30)27-12-10-18(15-27)29-21-20(9-6-11-24-21)28(23(29)31)14-17-7-4-3-5-8-17/h3-9,11,13,18H,10,12,14-15H2,1-2H3/t18-/m1/s1. The fourth-order valence-corrected chi connectivity index (χ4v) is 4.32. The molecule has 1 aliphatic rings. The van der Waals surface area contributed by atoms with Gasteiger partial charge in [0, 0.05) is 32.0 Å². The van der Waals surface area contributed by atoms with Crippen molar-refractivity contribution in [2.45, 2.75) is 25.9 Å². The molecule has 31 heavy (non-hydrogen) atoms. The summed E-state index contributed by atoms with van der Waals surface area (Å²) in [6.45, 7) is 3.46. The van der Waals surface area contributed by atoms with Crippen LogP contribution < -0.4 is 5.69 Å². The van der Waals surface area contributed by atoms with E-state index in [9.17, 15) is 9.59 Å². The second-order valence-electron chi connectivity index (χ2n) is 8.06. The third-order valence-corrected chi connectivity index (χ3v) is 6.05. The summed E-state index contributed by atoms with van der Waals surface area (Å²) < 4.78 is 5.23. The number of carbonyl (C=O) groups is 1. The van der Waals surface area contributed by atoms with Crippen LogP contribution in [0.15, 0.2) is 59.5 Å². The summed E-state index contributed by atoms with van der Waals surface area (Å²) >= 11 is 0. The quantitative estimate of drug-likeness (QED) is 0.512. The summed E-state index contributed by atoms with van der Waals surface area (Å²) in [5.41, 5.74) is 3.81. The van der Waals surface area contributed by atoms with Crippen LogP contribution in [-0.4, -0.2) is 47.8 Å². The smallest absolute Gasteiger partial charge is 0.330 e. The number of aryl methyl sites for hydroxylation is 2. The van der Waals surface area contributed by atoms with Crippen LogP contribution in [0.5, 0.6) is 0 Å². The third kappa shape index (κ3) is 3.34. The number of likely N-dealkylation sites (tertiary alicyclic amines) is 1. The van der Waals surface area contributed by atoms with Crippen LogP contribution in [0.4, 0.5) is 0 Å². The molecule has 4 aromatic rings. The second kappa shape index (κ2) is 7.54. The largest absolute Gasteiger partial charge is 0.335 e. The predicted molar refractivity (Wildman–Crippen MR) is 117 cm³/mol. The highest BCUT2D eigenvalue weighted by atomic mass is 16.2. The Labute approximate surface area is 179 Å². The summed E-state index contributed by atoms with van der Waals surface area (Å²) in [4.78, 5) is 32.7. The van der Waals surface area contributed by atoms with E-state index in [1.807, 2.05) is 56.4 Å². The second-order valence-corrected chi connectivity index (χ2v) is 8.06. The van der Waals surface area contributed by atoms with Gasteiger partial charge >= 0.3 is 5.69 Å². The van der Waals surface area contributed by atoms with Crippen molar-refractivity contribution in [3.63, 3.8) is 0 Å². The van der Waals surface area contributed by atoms with Crippen molar-refractivity contribution in [2.75, 3.05) is 13.1 Å². The Hall–Kier alpha value is -3.68. The number of hydrogen-bond acceptors (Lipinski definition) is 4. The zero-order valence-corrected chi connectivity index (χ0v) is 17.6. The van der Waals surface area contributed by atoms with E-state index in [0.29, 0.717) is 37.4 Å². The predicted octanol–water partition coefficient (Wildman–Crippen LogP) is 2.38. The number of carbonyl (C=O) groups excluding carboxylic acids is 1. The van der Waals surface area contributed by atoms with Crippen molar-refractivity contribution in [3.8, 4) is 0 Å². The number of aromatic nitrogens is 5. The summed E-state index contributed by atoms with van der Waals surface area (Å²) in [6.07, 6.45) is 2.41. The molecular weight excluding hydrogens is 392 g/mol. The molecule has 0 unspecified atom stereocenters. The molecule has 1 fully saturated rings. The van der Waals surface area contributed by atoms with Gasteiger partial charge in [-0.2, -0.15) is 5.10 Å². The number of amides is 1. The van der Waals surface area contributed by atoms with Gasteiger partial charge in [-0.25, -0.2) is 9.78 Å². The highest BCUT2D eigenvalue weighted by Gasteiger charge is 2.32. The molecular formula is C23H24N6O2. The minimum Gasteiger partial charge on any atom is -0.335 e. The lowest BCUT2D eigenvalue weighted by atomic mass is 10.2. The molecule has 1 aliphatic heterocycles. The van der Waals surface area contributed by atoms with Gasteiger partial charge in [0.25, 0.3) is 5.91 Å². The van der Waals surface area contributed by atoms with Crippen LogP contribution >= 0.6 is 0 Å². The molecule has 1 amide bonds. The number of imidazole rings is 1. The molecule has 5 rings (SSSR count). The maximum Gasteiger partial charge on any atom is 0.330 e. The van der Waals surface area contributed by atoms with Gasteiger partial charge in [0.2, 0.25) is 0 Å². The minimum atomic E-state index is -0.115. The summed E-state index contributed by atoms with van der Waals surface area (Å²) in [6, 6.07) is 15.4. The molecule has 0 spiro atoms. The van der Waals surface area contributed by atoms with Gasteiger partial charge in [-0.3, -0.25) is 18.6 Å². The Balaban J connectivity index is 1.47. The summed E-state index contributed by atoms with van der Waals surface area (Å²) in [5.74, 6) is -0.0970. The molecule has 0 aliphatic carbocycles. The van der Waals surface area contributed by atoms with E-state index in [1.54, 1.807) is 31.0 Å². The normalized spacial score (nSPS) is 16.3. The van der Waals surface area contributed by atoms with Gasteiger partial charge in [-0.15, -0.1) is 0 Å². The Kier molecular flexibility index (Phi) is 4.69. The first-order chi connectivity index (χ1) is 15.0. The van der Waals surface area contributed by atoms with Crippen LogP contribution in [0.3, 0.4) is 0 Å². The zero-order valence-electron chi connectivity index (χ0n) is 17.6. The highest BCUT2D eigenvalue weighted by molar-refractivity contribution is 5.92. The number of rotatable bonds is 4. The molecule has 1 aromatic carbocycles. The molecule has 4 heterocycles. The Morgan fingerprint density at radius 1 is 1.16 bits per heavy atom. The average Bonchev–Trinajstić information content (AvgIpc) is 3.46. The van der Waals surface area contributed by atoms with Crippen LogP contribution in [-0.2, 0) is 13.6 Å². The minimum absolute atomic E-state index is 0.0921. The SMILES string of the molecule is Cc1cc(C(=O)N2CC[C@@H](n3c(=O)n(Cc4ccccc4)c4cccnc43)C2)nn1C. The fraction of sp³-hybridized carbons (Fsp3) is 0.304. The Bertz CT molecular complexity index is 1300. The molecule has 0 bridgehead atoms. The molecule has 1 atom stereocenters. The molecule has 158 valence electrons. The molecule has 0 saturated carbocycles. The van der Waals surface area contributed by atoms with E-state index in [2.05, 4.69) is 10.1 Å². The van der Waals surface area contributed by atoms with E-state index in [1.165, 1.54) is 0 Å². The fourth-order valence-electron chi connectivity index (χ4n) is 4.32. The van der Waals surface area contributed by atoms with Crippen LogP contribution in [0, 0.1) is 6.92 Å². The number of pyridine rings is 1. The molecule has 0 radical (unpaired) electrons. The van der Waals surface area contributed by atoms with Crippen molar-refractivity contribution in [3.05, 3.63) is 82.2 Å². The van der Waals surface area contributed by atoms with Crippen LogP contribution in [0.1, 0.15) is 34.2 Å². The lowest BCUT2D eigenvalue weighted by Crippen LogP contribution is -2.32. The number of nitrogens with zero attached hydrogens (tertiary/aromatic N) is 6. The lowest BCUT2D eigenvalue weighted by Gasteiger charge is -2.15. The number of fused-ring (bicyclic) bond motifs is 1. The molecule has 8 heteroatoms. The van der Waals surface area contributed by atoms with Crippen molar-refractivity contribution >= 4 is 17.1 Å². The highest BCUT2D eigenvalue weighted by Crippen LogP contribution is 2.25. The van der Waals surface area contributed by atoms with Gasteiger partial charge < -0.3 is 4.90 Å². The van der Waals surface area contributed by atoms with E-state index < -0.39 is 0 Å². The average molecular weight is 416 g/mol. The van der Waals surface area contributed by atoms with Crippen molar-refractivity contribution in [1.82, 2.24) is 28.8 Å². The van der Waals surface area contributed by atoms with E-state index >= 15 is 0 Å². The number of hydrogen-bond donors (Lipinski definition) is 0. The van der Waals surface area contributed by atoms with Crippen molar-refractivity contribution in [1.29, 1.82) is 0 Å². The van der Waals surface area contributed by atoms with Crippen LogP contribution in [0.25, 0.3) is 11.2 Å². The lowest BCUT2D eigenvalue weighted by molar-refractivity contribution is 0.0781. The Morgan fingerprint density at radius 2 is 1.97 bits per heavy atom. The first-order valence-corrected chi connectivity index (χ1v) is 10.4. The van der Waals surface area contributed by atoms with E-state index in [4.69, 9.17) is 0 Å². The van der Waals surface area contributed by atoms with Gasteiger partial charge in [0.15, 0.2) is 11.3 Å². The van der Waals surface area contributed by atoms with Gasteiger partial charge in [0.05, 0.1) is 18.1 Å². The Morgan fingerprint density at radius 3 is 2.71 bits per heavy atom. The molecule has 0 N–H and O–H groups in total. The topological polar surface area (TPSA) is 78.0 Å².